The molecule has 0 radical (unpaired) electrons. The van der Waals surface area contributed by atoms with Crippen LogP contribution < -0.4 is 15.1 Å². The number of benzene rings is 3. The van der Waals surface area contributed by atoms with Crippen molar-refractivity contribution in [2.24, 2.45) is 0 Å². The first-order valence-corrected chi connectivity index (χ1v) is 9.97. The standard InChI is InChI=1S/C26H18O6/c1-29-18-8-6-16(7-9-18)21-14-26(28)32-24-13-19(10-11-20(21)24)30-15-22(27)25-12-17-4-2-3-5-23(17)31-25/h2-14H,15H2,1H3. The number of furan rings is 1. The Morgan fingerprint density at radius 3 is 2.41 bits per heavy atom. The van der Waals surface area contributed by atoms with Gasteiger partial charge in [0.15, 0.2) is 12.4 Å². The van der Waals surface area contributed by atoms with Gasteiger partial charge < -0.3 is 18.3 Å². The van der Waals surface area contributed by atoms with Crippen LogP contribution in [0.15, 0.2) is 92.5 Å². The van der Waals surface area contributed by atoms with Gasteiger partial charge in [-0.25, -0.2) is 4.79 Å². The number of ether oxygens (including phenoxy) is 2. The first kappa shape index (κ1) is 19.6. The maximum absolute atomic E-state index is 12.5. The lowest BCUT2D eigenvalue weighted by Crippen LogP contribution is -2.10. The molecule has 0 atom stereocenters. The van der Waals surface area contributed by atoms with E-state index >= 15 is 0 Å². The zero-order chi connectivity index (χ0) is 22.1. The second-order valence-electron chi connectivity index (χ2n) is 7.23. The Morgan fingerprint density at radius 2 is 1.62 bits per heavy atom. The second kappa shape index (κ2) is 8.07. The Labute approximate surface area is 182 Å². The minimum absolute atomic E-state index is 0.201. The van der Waals surface area contributed by atoms with Crippen molar-refractivity contribution < 1.29 is 23.1 Å². The molecule has 0 unspecified atom stereocenters. The topological polar surface area (TPSA) is 78.9 Å². The van der Waals surface area contributed by atoms with Gasteiger partial charge in [-0.15, -0.1) is 0 Å². The van der Waals surface area contributed by atoms with Crippen LogP contribution in [0.25, 0.3) is 33.1 Å². The molecule has 0 aliphatic rings. The van der Waals surface area contributed by atoms with E-state index in [-0.39, 0.29) is 18.2 Å². The Balaban J connectivity index is 1.40. The third kappa shape index (κ3) is 3.74. The van der Waals surface area contributed by atoms with Crippen molar-refractivity contribution >= 4 is 27.7 Å². The summed E-state index contributed by atoms with van der Waals surface area (Å²) in [6, 6.07) is 23.1. The van der Waals surface area contributed by atoms with Gasteiger partial charge in [0.25, 0.3) is 0 Å². The molecular weight excluding hydrogens is 408 g/mol. The predicted octanol–water partition coefficient (Wildman–Crippen LogP) is 5.48. The highest BCUT2D eigenvalue weighted by molar-refractivity contribution is 5.98. The number of rotatable bonds is 6. The minimum atomic E-state index is -0.473. The van der Waals surface area contributed by atoms with Crippen LogP contribution >= 0.6 is 0 Å². The SMILES string of the molecule is COc1ccc(-c2cc(=O)oc3cc(OCC(=O)c4cc5ccccc5o4)ccc23)cc1. The van der Waals surface area contributed by atoms with Gasteiger partial charge in [-0.2, -0.15) is 0 Å². The normalized spacial score (nSPS) is 11.0. The van der Waals surface area contributed by atoms with E-state index in [9.17, 15) is 9.59 Å². The van der Waals surface area contributed by atoms with Gasteiger partial charge in [0.2, 0.25) is 5.78 Å². The van der Waals surface area contributed by atoms with Crippen LogP contribution in [0.1, 0.15) is 10.6 Å². The highest BCUT2D eigenvalue weighted by Gasteiger charge is 2.14. The molecule has 0 fully saturated rings. The van der Waals surface area contributed by atoms with Gasteiger partial charge in [-0.3, -0.25) is 4.79 Å². The van der Waals surface area contributed by atoms with Crippen molar-refractivity contribution in [1.29, 1.82) is 0 Å². The first-order chi connectivity index (χ1) is 15.6. The highest BCUT2D eigenvalue weighted by Crippen LogP contribution is 2.31. The largest absolute Gasteiger partial charge is 0.497 e. The maximum atomic E-state index is 12.5. The van der Waals surface area contributed by atoms with Crippen molar-refractivity contribution in [3.05, 3.63) is 95.0 Å². The Morgan fingerprint density at radius 1 is 0.844 bits per heavy atom. The van der Waals surface area contributed by atoms with Gasteiger partial charge in [-0.1, -0.05) is 30.3 Å². The lowest BCUT2D eigenvalue weighted by atomic mass is 10.0. The lowest BCUT2D eigenvalue weighted by Gasteiger charge is -2.09. The van der Waals surface area contributed by atoms with E-state index in [1.54, 1.807) is 37.4 Å². The summed E-state index contributed by atoms with van der Waals surface area (Å²) >= 11 is 0. The minimum Gasteiger partial charge on any atom is -0.497 e. The van der Waals surface area contributed by atoms with Crippen LogP contribution in [0.5, 0.6) is 11.5 Å². The van der Waals surface area contributed by atoms with E-state index in [1.165, 1.54) is 6.07 Å². The summed E-state index contributed by atoms with van der Waals surface area (Å²) in [4.78, 5) is 24.6. The number of ketones is 1. The molecule has 158 valence electrons. The number of carbonyl (C=O) groups is 1. The number of fused-ring (bicyclic) bond motifs is 2. The molecule has 5 rings (SSSR count). The van der Waals surface area contributed by atoms with E-state index in [1.807, 2.05) is 42.5 Å². The fourth-order valence-corrected chi connectivity index (χ4v) is 3.58. The second-order valence-corrected chi connectivity index (χ2v) is 7.23. The first-order valence-electron chi connectivity index (χ1n) is 9.97. The molecule has 0 saturated carbocycles. The molecule has 0 amide bonds. The lowest BCUT2D eigenvalue weighted by molar-refractivity contribution is 0.0896. The molecule has 2 aromatic heterocycles. The Hall–Kier alpha value is -4.32. The fraction of sp³-hybridized carbons (Fsp3) is 0.0769. The highest BCUT2D eigenvalue weighted by atomic mass is 16.5. The molecule has 6 nitrogen and oxygen atoms in total. The number of carbonyl (C=O) groups excluding carboxylic acids is 1. The van der Waals surface area contributed by atoms with Gasteiger partial charge in [0, 0.05) is 22.9 Å². The van der Waals surface area contributed by atoms with E-state index in [4.69, 9.17) is 18.3 Å². The zero-order valence-corrected chi connectivity index (χ0v) is 17.2. The summed E-state index contributed by atoms with van der Waals surface area (Å²) in [5.41, 5.74) is 2.14. The zero-order valence-electron chi connectivity index (χ0n) is 17.2. The Bertz CT molecular complexity index is 1460. The van der Waals surface area contributed by atoms with Crippen LogP contribution in [0, 0.1) is 0 Å². The maximum Gasteiger partial charge on any atom is 0.336 e. The smallest absolute Gasteiger partial charge is 0.336 e. The third-order valence-electron chi connectivity index (χ3n) is 5.19. The van der Waals surface area contributed by atoms with Crippen LogP contribution in [0.4, 0.5) is 0 Å². The van der Waals surface area contributed by atoms with Crippen LogP contribution in [-0.4, -0.2) is 19.5 Å². The molecule has 0 aliphatic carbocycles. The monoisotopic (exact) mass is 426 g/mol. The molecular formula is C26H18O6. The molecule has 0 saturated heterocycles. The molecule has 0 spiro atoms. The predicted molar refractivity (Wildman–Crippen MR) is 121 cm³/mol. The summed E-state index contributed by atoms with van der Waals surface area (Å²) in [6.07, 6.45) is 0. The summed E-state index contributed by atoms with van der Waals surface area (Å²) < 4.78 is 21.8. The molecule has 5 aromatic rings. The number of hydrogen-bond donors (Lipinski definition) is 0. The summed E-state index contributed by atoms with van der Waals surface area (Å²) in [6.45, 7) is -0.201. The van der Waals surface area contributed by atoms with Crippen LogP contribution in [0.3, 0.4) is 0 Å². The molecule has 0 N–H and O–H groups in total. The van der Waals surface area contributed by atoms with Gasteiger partial charge in [-0.05, 0) is 47.5 Å². The summed E-state index contributed by atoms with van der Waals surface area (Å²) in [5.74, 6) is 1.10. The molecule has 0 bridgehead atoms. The van der Waals surface area contributed by atoms with Crippen LogP contribution in [-0.2, 0) is 0 Å². The number of Topliss-reactive ketones (excluding diaryl/α,β-unsaturated/α-hetero) is 1. The van der Waals surface area contributed by atoms with E-state index in [0.717, 1.165) is 27.6 Å². The van der Waals surface area contributed by atoms with Gasteiger partial charge >= 0.3 is 5.63 Å². The van der Waals surface area contributed by atoms with E-state index in [0.29, 0.717) is 16.9 Å². The molecule has 3 aromatic carbocycles. The van der Waals surface area contributed by atoms with E-state index < -0.39 is 5.63 Å². The summed E-state index contributed by atoms with van der Waals surface area (Å²) in [7, 11) is 1.60. The molecule has 0 aliphatic heterocycles. The molecule has 32 heavy (non-hydrogen) atoms. The third-order valence-corrected chi connectivity index (χ3v) is 5.19. The fourth-order valence-electron chi connectivity index (χ4n) is 3.58. The Kier molecular flexibility index (Phi) is 4.95. The number of methoxy groups -OCH3 is 1. The summed E-state index contributed by atoms with van der Waals surface area (Å²) in [5, 5.41) is 1.61. The average Bonchev–Trinajstić information content (AvgIpc) is 3.26. The van der Waals surface area contributed by atoms with Crippen molar-refractivity contribution in [3.63, 3.8) is 0 Å². The van der Waals surface area contributed by atoms with Crippen molar-refractivity contribution in [1.82, 2.24) is 0 Å². The van der Waals surface area contributed by atoms with Gasteiger partial charge in [0.05, 0.1) is 7.11 Å². The number of para-hydroxylation sites is 1. The quantitative estimate of drug-likeness (QED) is 0.264. The van der Waals surface area contributed by atoms with Crippen molar-refractivity contribution in [2.45, 2.75) is 0 Å². The number of hydrogen-bond acceptors (Lipinski definition) is 6. The molecule has 2 heterocycles. The average molecular weight is 426 g/mol. The van der Waals surface area contributed by atoms with Crippen molar-refractivity contribution in [3.8, 4) is 22.6 Å². The van der Waals surface area contributed by atoms with Crippen LogP contribution in [0.2, 0.25) is 0 Å². The van der Waals surface area contributed by atoms with E-state index in [2.05, 4.69) is 0 Å². The van der Waals surface area contributed by atoms with Crippen molar-refractivity contribution in [2.75, 3.05) is 13.7 Å². The molecule has 6 heteroatoms. The van der Waals surface area contributed by atoms with Gasteiger partial charge in [0.1, 0.15) is 22.7 Å².